The number of hydrogen-bond donors (Lipinski definition) is 0. The molecule has 7 nitrogen and oxygen atoms in total. The molecule has 0 unspecified atom stereocenters. The van der Waals surface area contributed by atoms with Gasteiger partial charge >= 0.3 is 11.9 Å². The number of carbonyl (C=O) groups excluding carboxylic acids is 1. The van der Waals surface area contributed by atoms with Crippen LogP contribution in [-0.4, -0.2) is 81.3 Å². The zero-order chi connectivity index (χ0) is 17.4. The molecule has 1 atom stereocenters. The van der Waals surface area contributed by atoms with Gasteiger partial charge in [0, 0.05) is 0 Å². The molecule has 0 saturated heterocycles. The lowest BCUT2D eigenvalue weighted by Crippen LogP contribution is -2.55. The lowest BCUT2D eigenvalue weighted by molar-refractivity contribution is -0.476. The van der Waals surface area contributed by atoms with Crippen LogP contribution in [0.15, 0.2) is 12.0 Å². The summed E-state index contributed by atoms with van der Waals surface area (Å²) in [6.07, 6.45) is 1.41. The molecule has 0 aliphatic carbocycles. The second kappa shape index (κ2) is 9.17. The van der Waals surface area contributed by atoms with E-state index in [0.29, 0.717) is 0 Å². The van der Waals surface area contributed by atoms with Gasteiger partial charge in [-0.2, -0.15) is 0 Å². The summed E-state index contributed by atoms with van der Waals surface area (Å²) >= 11 is 0. The highest BCUT2D eigenvalue weighted by atomic mass is 16.6. The fourth-order valence-electron chi connectivity index (χ4n) is 2.37. The van der Waals surface area contributed by atoms with Gasteiger partial charge in [-0.25, -0.2) is 9.69 Å². The molecule has 0 aliphatic rings. The van der Waals surface area contributed by atoms with E-state index in [1.54, 1.807) is 0 Å². The molecule has 0 aliphatic heterocycles. The van der Waals surface area contributed by atoms with Crippen molar-refractivity contribution in [1.82, 2.24) is 9.80 Å². The highest BCUT2D eigenvalue weighted by Gasteiger charge is 2.38. The molecule has 0 rings (SSSR count). The monoisotopic (exact) mass is 315 g/mol. The third kappa shape index (κ3) is 5.46. The van der Waals surface area contributed by atoms with Crippen LogP contribution in [0, 0.1) is 5.92 Å². The van der Waals surface area contributed by atoms with Crippen molar-refractivity contribution in [2.45, 2.75) is 19.9 Å². The largest absolute Gasteiger partial charge is 0.617 e. The third-order valence-corrected chi connectivity index (χ3v) is 3.12. The van der Waals surface area contributed by atoms with E-state index in [1.165, 1.54) is 20.3 Å². The van der Waals surface area contributed by atoms with Crippen LogP contribution < -0.4 is 5.11 Å². The summed E-state index contributed by atoms with van der Waals surface area (Å²) in [5, 5.41) is 11.5. The number of methoxy groups -OCH3 is 2. The summed E-state index contributed by atoms with van der Waals surface area (Å²) in [5.74, 6) is 0.0290. The Kier molecular flexibility index (Phi) is 8.37. The first-order chi connectivity index (χ1) is 10.2. The normalized spacial score (nSPS) is 12.7. The van der Waals surface area contributed by atoms with Gasteiger partial charge in [-0.15, -0.1) is 0 Å². The topological polar surface area (TPSA) is 68.1 Å². The number of carbonyl (C=O) groups is 1. The molecule has 0 heterocycles. The van der Waals surface area contributed by atoms with Gasteiger partial charge in [-0.1, -0.05) is 13.8 Å². The van der Waals surface area contributed by atoms with Gasteiger partial charge in [0.15, 0.2) is 6.04 Å². The molecule has 0 aromatic heterocycles. The van der Waals surface area contributed by atoms with E-state index in [1.807, 2.05) is 56.4 Å². The molecule has 0 aromatic rings. The minimum absolute atomic E-state index is 0.00777. The van der Waals surface area contributed by atoms with E-state index < -0.39 is 12.0 Å². The van der Waals surface area contributed by atoms with E-state index >= 15 is 0 Å². The molecule has 0 radical (unpaired) electrons. The van der Waals surface area contributed by atoms with Crippen molar-refractivity contribution in [3.05, 3.63) is 12.0 Å². The van der Waals surface area contributed by atoms with Gasteiger partial charge in [-0.05, 0) is 19.1 Å². The Hall–Kier alpha value is -1.92. The molecule has 7 heteroatoms. The fourth-order valence-corrected chi connectivity index (χ4v) is 2.37. The lowest BCUT2D eigenvalue weighted by atomic mass is 10.0. The number of rotatable bonds is 6. The molecular weight excluding hydrogens is 286 g/mol. The van der Waals surface area contributed by atoms with Gasteiger partial charge in [0.2, 0.25) is 0 Å². The smallest absolute Gasteiger partial charge is 0.350 e. The van der Waals surface area contributed by atoms with Crippen LogP contribution >= 0.6 is 0 Å². The second-order valence-electron chi connectivity index (χ2n) is 5.68. The first kappa shape index (κ1) is 20.1. The molecule has 0 amide bonds. The van der Waals surface area contributed by atoms with Crippen LogP contribution in [0.25, 0.3) is 0 Å². The van der Waals surface area contributed by atoms with E-state index in [0.717, 1.165) is 5.96 Å². The average molecular weight is 315 g/mol. The van der Waals surface area contributed by atoms with E-state index in [9.17, 15) is 9.90 Å². The second-order valence-corrected chi connectivity index (χ2v) is 5.68. The predicted molar refractivity (Wildman–Crippen MR) is 83.2 cm³/mol. The van der Waals surface area contributed by atoms with Crippen LogP contribution in [0.4, 0.5) is 0 Å². The van der Waals surface area contributed by atoms with E-state index in [4.69, 9.17) is 4.74 Å². The maximum atomic E-state index is 12.2. The quantitative estimate of drug-likeness (QED) is 0.217. The molecular formula is C15H29N3O4. The highest BCUT2D eigenvalue weighted by Crippen LogP contribution is 2.15. The summed E-state index contributed by atoms with van der Waals surface area (Å²) in [4.78, 5) is 15.9. The SMILES string of the molecule is COC(=O)[C@H](C(C)C)N(C/C=C(\[O-])OC)C(N(C)C)=[N+](C)C. The number of nitrogens with zero attached hydrogens (tertiary/aromatic N) is 3. The van der Waals surface area contributed by atoms with Crippen molar-refractivity contribution in [2.24, 2.45) is 5.92 Å². The molecule has 128 valence electrons. The molecule has 0 N–H and O–H groups in total. The standard InChI is InChI=1S/C15H29N3O4/c1-11(2)13(14(20)22-8)18(10-9-12(19)21-7)15(16(3)4)17(5)6/h9,11,13H,10H2,1-8H3/b12-9+/t13-/m0/s1. The van der Waals surface area contributed by atoms with Crippen molar-refractivity contribution in [3.63, 3.8) is 0 Å². The maximum Gasteiger partial charge on any atom is 0.350 e. The third-order valence-electron chi connectivity index (χ3n) is 3.12. The van der Waals surface area contributed by atoms with Crippen LogP contribution in [0.2, 0.25) is 0 Å². The Morgan fingerprint density at radius 3 is 2.09 bits per heavy atom. The van der Waals surface area contributed by atoms with Gasteiger partial charge in [0.05, 0.1) is 47.8 Å². The van der Waals surface area contributed by atoms with Gasteiger partial charge in [0.25, 0.3) is 0 Å². The molecule has 0 saturated carbocycles. The molecule has 0 aromatic carbocycles. The van der Waals surface area contributed by atoms with Crippen molar-refractivity contribution in [1.29, 1.82) is 0 Å². The maximum absolute atomic E-state index is 12.2. The summed E-state index contributed by atoms with van der Waals surface area (Å²) in [6.45, 7) is 4.13. The minimum Gasteiger partial charge on any atom is -0.617 e. The first-order valence-corrected chi connectivity index (χ1v) is 7.14. The van der Waals surface area contributed by atoms with Crippen LogP contribution in [0.5, 0.6) is 0 Å². The first-order valence-electron chi connectivity index (χ1n) is 7.14. The highest BCUT2D eigenvalue weighted by molar-refractivity contribution is 5.84. The zero-order valence-corrected chi connectivity index (χ0v) is 14.9. The van der Waals surface area contributed by atoms with E-state index in [-0.39, 0.29) is 18.4 Å². The average Bonchev–Trinajstić information content (AvgIpc) is 2.42. The summed E-state index contributed by atoms with van der Waals surface area (Å²) in [6, 6.07) is -0.509. The van der Waals surface area contributed by atoms with Crippen molar-refractivity contribution >= 4 is 11.9 Å². The summed E-state index contributed by atoms with van der Waals surface area (Å²) in [5.41, 5.74) is 0. The van der Waals surface area contributed by atoms with Gasteiger partial charge in [-0.3, -0.25) is 9.48 Å². The lowest BCUT2D eigenvalue weighted by Gasteiger charge is -2.32. The van der Waals surface area contributed by atoms with Gasteiger partial charge in [0.1, 0.15) is 0 Å². The minimum atomic E-state index is -0.509. The summed E-state index contributed by atoms with van der Waals surface area (Å²) < 4.78 is 11.5. The Morgan fingerprint density at radius 2 is 1.77 bits per heavy atom. The van der Waals surface area contributed by atoms with Gasteiger partial charge < -0.3 is 14.6 Å². The number of guanidine groups is 1. The predicted octanol–water partition coefficient (Wildman–Crippen LogP) is -0.476. The number of ether oxygens (including phenoxy) is 2. The van der Waals surface area contributed by atoms with Crippen LogP contribution in [0.1, 0.15) is 13.8 Å². The van der Waals surface area contributed by atoms with Crippen LogP contribution in [-0.2, 0) is 14.3 Å². The summed E-state index contributed by atoms with van der Waals surface area (Å²) in [7, 11) is 10.2. The molecule has 22 heavy (non-hydrogen) atoms. The Bertz CT molecular complexity index is 427. The molecule has 0 fully saturated rings. The number of hydrogen-bond acceptors (Lipinski definition) is 4. The Morgan fingerprint density at radius 1 is 1.23 bits per heavy atom. The number of esters is 1. The molecule has 0 bridgehead atoms. The fraction of sp³-hybridized carbons (Fsp3) is 0.733. The van der Waals surface area contributed by atoms with Crippen LogP contribution in [0.3, 0.4) is 0 Å². The molecule has 0 spiro atoms. The Labute approximate surface area is 133 Å². The van der Waals surface area contributed by atoms with E-state index in [2.05, 4.69) is 4.74 Å². The van der Waals surface area contributed by atoms with Crippen molar-refractivity contribution in [2.75, 3.05) is 49.0 Å². The Balaban J connectivity index is 5.86. The van der Waals surface area contributed by atoms with Crippen molar-refractivity contribution in [3.8, 4) is 0 Å². The van der Waals surface area contributed by atoms with Crippen molar-refractivity contribution < 1.29 is 24.0 Å². The zero-order valence-electron chi connectivity index (χ0n) is 14.9.